The van der Waals surface area contributed by atoms with Gasteiger partial charge in [-0.15, -0.1) is 5.10 Å². The van der Waals surface area contributed by atoms with Crippen molar-refractivity contribution < 1.29 is 4.79 Å². The van der Waals surface area contributed by atoms with Gasteiger partial charge in [0.2, 0.25) is 0 Å². The molecular weight excluding hydrogens is 366 g/mol. The number of benzene rings is 1. The van der Waals surface area contributed by atoms with Crippen molar-refractivity contribution in [1.29, 1.82) is 0 Å². The van der Waals surface area contributed by atoms with Crippen LogP contribution in [0.3, 0.4) is 0 Å². The van der Waals surface area contributed by atoms with E-state index in [0.29, 0.717) is 12.2 Å². The molecule has 8 heteroatoms. The number of likely N-dealkylation sites (tertiary alicyclic amines) is 1. The van der Waals surface area contributed by atoms with E-state index in [1.165, 1.54) is 19.3 Å². The first-order valence-corrected chi connectivity index (χ1v) is 10.2. The molecular formula is C21H27N7O. The fraction of sp³-hybridized carbons (Fsp3) is 0.429. The molecule has 1 N–H and O–H groups in total. The minimum Gasteiger partial charge on any atom is -0.342 e. The van der Waals surface area contributed by atoms with Gasteiger partial charge >= 0.3 is 0 Å². The van der Waals surface area contributed by atoms with E-state index < -0.39 is 0 Å². The van der Waals surface area contributed by atoms with Crippen molar-refractivity contribution in [3.8, 4) is 0 Å². The van der Waals surface area contributed by atoms with Gasteiger partial charge in [-0.1, -0.05) is 42.0 Å². The highest BCUT2D eigenvalue weighted by atomic mass is 16.2. The van der Waals surface area contributed by atoms with Crippen molar-refractivity contribution in [3.05, 3.63) is 66.5 Å². The van der Waals surface area contributed by atoms with Crippen LogP contribution in [0.4, 0.5) is 0 Å². The summed E-state index contributed by atoms with van der Waals surface area (Å²) < 4.78 is 3.71. The maximum Gasteiger partial charge on any atom is 0.274 e. The number of carbonyl (C=O) groups is 1. The van der Waals surface area contributed by atoms with E-state index >= 15 is 0 Å². The predicted octanol–water partition coefficient (Wildman–Crippen LogP) is 2.13. The van der Waals surface area contributed by atoms with E-state index in [1.807, 2.05) is 41.1 Å². The van der Waals surface area contributed by atoms with E-state index in [-0.39, 0.29) is 11.9 Å². The first kappa shape index (κ1) is 19.3. The van der Waals surface area contributed by atoms with Crippen LogP contribution < -0.4 is 5.32 Å². The quantitative estimate of drug-likeness (QED) is 0.634. The monoisotopic (exact) mass is 393 g/mol. The molecule has 152 valence electrons. The van der Waals surface area contributed by atoms with E-state index in [0.717, 1.165) is 31.7 Å². The number of imidazole rings is 1. The van der Waals surface area contributed by atoms with Gasteiger partial charge < -0.3 is 14.8 Å². The maximum atomic E-state index is 12.8. The summed E-state index contributed by atoms with van der Waals surface area (Å²) in [5.74, 6) is -0.219. The molecule has 1 aliphatic heterocycles. The van der Waals surface area contributed by atoms with Crippen LogP contribution in [0.5, 0.6) is 0 Å². The molecule has 1 amide bonds. The molecule has 0 saturated carbocycles. The summed E-state index contributed by atoms with van der Waals surface area (Å²) in [5.41, 5.74) is 1.38. The number of rotatable bonds is 8. The summed E-state index contributed by atoms with van der Waals surface area (Å²) in [6, 6.07) is 9.75. The van der Waals surface area contributed by atoms with Crippen molar-refractivity contribution in [1.82, 2.24) is 34.8 Å². The van der Waals surface area contributed by atoms with Gasteiger partial charge in [0.25, 0.3) is 5.91 Å². The molecule has 8 nitrogen and oxygen atoms in total. The number of hydrogen-bond donors (Lipinski definition) is 1. The third-order valence-corrected chi connectivity index (χ3v) is 5.33. The Morgan fingerprint density at radius 1 is 1.10 bits per heavy atom. The number of aromatic nitrogens is 5. The molecule has 1 atom stereocenters. The Kier molecular flexibility index (Phi) is 6.31. The van der Waals surface area contributed by atoms with Crippen molar-refractivity contribution >= 4 is 5.91 Å². The molecule has 1 saturated heterocycles. The summed E-state index contributed by atoms with van der Waals surface area (Å²) >= 11 is 0. The Morgan fingerprint density at radius 2 is 1.93 bits per heavy atom. The molecule has 0 radical (unpaired) electrons. The van der Waals surface area contributed by atoms with Crippen LogP contribution in [-0.4, -0.2) is 55.0 Å². The minimum atomic E-state index is -0.219. The highest BCUT2D eigenvalue weighted by Crippen LogP contribution is 2.16. The third-order valence-electron chi connectivity index (χ3n) is 5.33. The van der Waals surface area contributed by atoms with Crippen molar-refractivity contribution in [3.63, 3.8) is 0 Å². The fourth-order valence-electron chi connectivity index (χ4n) is 3.70. The van der Waals surface area contributed by atoms with Gasteiger partial charge in [0.1, 0.15) is 0 Å². The van der Waals surface area contributed by atoms with E-state index in [9.17, 15) is 4.79 Å². The molecule has 4 rings (SSSR count). The van der Waals surface area contributed by atoms with Crippen LogP contribution in [0.1, 0.15) is 41.4 Å². The summed E-state index contributed by atoms with van der Waals surface area (Å²) in [6.45, 7) is 4.58. The van der Waals surface area contributed by atoms with Gasteiger partial charge in [0.15, 0.2) is 5.69 Å². The van der Waals surface area contributed by atoms with Gasteiger partial charge in [-0.3, -0.25) is 9.48 Å². The molecule has 1 aliphatic rings. The molecule has 1 fully saturated rings. The largest absolute Gasteiger partial charge is 0.342 e. The third kappa shape index (κ3) is 5.29. The van der Waals surface area contributed by atoms with Gasteiger partial charge in [-0.05, 0) is 31.5 Å². The second-order valence-corrected chi connectivity index (χ2v) is 7.47. The smallest absolute Gasteiger partial charge is 0.274 e. The van der Waals surface area contributed by atoms with Crippen molar-refractivity contribution in [2.24, 2.45) is 0 Å². The fourth-order valence-corrected chi connectivity index (χ4v) is 3.70. The number of piperidine rings is 1. The average molecular weight is 393 g/mol. The zero-order valence-corrected chi connectivity index (χ0v) is 16.5. The second kappa shape index (κ2) is 9.47. The number of hydrogen-bond acceptors (Lipinski definition) is 5. The lowest BCUT2D eigenvalue weighted by Crippen LogP contribution is -2.32. The molecule has 3 aromatic rings. The number of amides is 1. The lowest BCUT2D eigenvalue weighted by Gasteiger charge is -2.25. The molecule has 0 aliphatic carbocycles. The van der Waals surface area contributed by atoms with E-state index in [4.69, 9.17) is 0 Å². The summed E-state index contributed by atoms with van der Waals surface area (Å²) in [7, 11) is 0. The zero-order chi connectivity index (χ0) is 19.9. The highest BCUT2D eigenvalue weighted by molar-refractivity contribution is 5.92. The summed E-state index contributed by atoms with van der Waals surface area (Å²) in [4.78, 5) is 19.3. The van der Waals surface area contributed by atoms with Crippen molar-refractivity contribution in [2.75, 3.05) is 19.6 Å². The molecule has 1 unspecified atom stereocenters. The van der Waals surface area contributed by atoms with E-state index in [2.05, 4.69) is 25.5 Å². The SMILES string of the molecule is O=C(NC(Cn1ccnc1)c1ccccc1)c1cn(CCN2CCCCC2)nn1. The number of carbonyl (C=O) groups excluding carboxylic acids is 1. The van der Waals surface area contributed by atoms with Crippen LogP contribution in [-0.2, 0) is 13.1 Å². The summed E-state index contributed by atoms with van der Waals surface area (Å²) in [6.07, 6.45) is 11.0. The second-order valence-electron chi connectivity index (χ2n) is 7.47. The van der Waals surface area contributed by atoms with Crippen molar-refractivity contribution in [2.45, 2.75) is 38.4 Å². The van der Waals surface area contributed by atoms with E-state index in [1.54, 1.807) is 23.4 Å². The normalized spacial score (nSPS) is 15.9. The number of nitrogens with one attached hydrogen (secondary N) is 1. The Bertz CT molecular complexity index is 885. The van der Waals surface area contributed by atoms with Gasteiger partial charge in [-0.2, -0.15) is 0 Å². The zero-order valence-electron chi connectivity index (χ0n) is 16.5. The number of nitrogens with zero attached hydrogens (tertiary/aromatic N) is 6. The van der Waals surface area contributed by atoms with Gasteiger partial charge in [-0.25, -0.2) is 4.98 Å². The Morgan fingerprint density at radius 3 is 2.69 bits per heavy atom. The molecule has 1 aromatic carbocycles. The van der Waals surface area contributed by atoms with Crippen LogP contribution >= 0.6 is 0 Å². The standard InChI is InChI=1S/C21H27N7O/c29-21(20-16-28(25-24-20)14-13-26-10-5-2-6-11-26)23-19(15-27-12-9-22-17-27)18-7-3-1-4-8-18/h1,3-4,7-9,12,16-17,19H,2,5-6,10-11,13-15H2,(H,23,29). The predicted molar refractivity (Wildman–Crippen MR) is 109 cm³/mol. The highest BCUT2D eigenvalue weighted by Gasteiger charge is 2.19. The maximum absolute atomic E-state index is 12.8. The van der Waals surface area contributed by atoms with Crippen LogP contribution in [0.2, 0.25) is 0 Å². The first-order valence-electron chi connectivity index (χ1n) is 10.2. The molecule has 29 heavy (non-hydrogen) atoms. The Balaban J connectivity index is 1.39. The van der Waals surface area contributed by atoms with Gasteiger partial charge in [0.05, 0.1) is 25.1 Å². The average Bonchev–Trinajstić information content (AvgIpc) is 3.45. The minimum absolute atomic E-state index is 0.184. The Hall–Kier alpha value is -3.00. The molecule has 3 heterocycles. The van der Waals surface area contributed by atoms with Crippen LogP contribution in [0, 0.1) is 0 Å². The lowest BCUT2D eigenvalue weighted by atomic mass is 10.1. The molecule has 0 bridgehead atoms. The summed E-state index contributed by atoms with van der Waals surface area (Å²) in [5, 5.41) is 11.3. The van der Waals surface area contributed by atoms with Gasteiger partial charge in [0, 0.05) is 25.5 Å². The topological polar surface area (TPSA) is 80.9 Å². The molecule has 2 aromatic heterocycles. The van der Waals surface area contributed by atoms with Crippen LogP contribution in [0.15, 0.2) is 55.2 Å². The first-order chi connectivity index (χ1) is 14.3. The Labute approximate surface area is 170 Å². The molecule has 0 spiro atoms. The lowest BCUT2D eigenvalue weighted by molar-refractivity contribution is 0.0927. The van der Waals surface area contributed by atoms with Crippen LogP contribution in [0.25, 0.3) is 0 Å².